The van der Waals surface area contributed by atoms with Gasteiger partial charge in [-0.1, -0.05) is 18.2 Å². The van der Waals surface area contributed by atoms with E-state index in [9.17, 15) is 10.1 Å². The molecule has 0 atom stereocenters. The molecule has 6 heteroatoms. The van der Waals surface area contributed by atoms with E-state index < -0.39 is 5.91 Å². The van der Waals surface area contributed by atoms with Gasteiger partial charge in [0.2, 0.25) is 0 Å². The van der Waals surface area contributed by atoms with Crippen molar-refractivity contribution in [1.82, 2.24) is 9.38 Å². The Kier molecular flexibility index (Phi) is 4.68. The van der Waals surface area contributed by atoms with Gasteiger partial charge in [0.25, 0.3) is 5.91 Å². The monoisotopic (exact) mass is 394 g/mol. The Balaban J connectivity index is 1.96. The van der Waals surface area contributed by atoms with E-state index in [0.717, 1.165) is 26.9 Å². The summed E-state index contributed by atoms with van der Waals surface area (Å²) in [5, 5.41) is 12.3. The molecule has 0 fully saturated rings. The molecule has 3 rings (SSSR count). The number of carbonyl (C=O) groups excluding carboxylic acids is 1. The van der Waals surface area contributed by atoms with Gasteiger partial charge in [0, 0.05) is 16.4 Å². The zero-order valence-corrected chi connectivity index (χ0v) is 15.3. The van der Waals surface area contributed by atoms with E-state index in [-0.39, 0.29) is 5.57 Å². The molecule has 1 aromatic carbocycles. The van der Waals surface area contributed by atoms with Crippen molar-refractivity contribution >= 4 is 39.2 Å². The van der Waals surface area contributed by atoms with Crippen molar-refractivity contribution in [3.05, 3.63) is 69.6 Å². The quantitative estimate of drug-likeness (QED) is 0.532. The number of fused-ring (bicyclic) bond motifs is 1. The smallest absolute Gasteiger partial charge is 0.266 e. The average molecular weight is 395 g/mol. The van der Waals surface area contributed by atoms with Gasteiger partial charge in [-0.05, 0) is 59.1 Å². The fourth-order valence-electron chi connectivity index (χ4n) is 2.57. The zero-order chi connectivity index (χ0) is 18.0. The minimum absolute atomic E-state index is 0.0180. The number of aromatic nitrogens is 2. The Morgan fingerprint density at radius 3 is 2.68 bits per heavy atom. The number of anilines is 1. The highest BCUT2D eigenvalue weighted by atomic mass is 79.9. The number of carbonyl (C=O) groups is 1. The van der Waals surface area contributed by atoms with E-state index in [4.69, 9.17) is 0 Å². The summed E-state index contributed by atoms with van der Waals surface area (Å²) >= 11 is 3.41. The lowest BCUT2D eigenvalue weighted by atomic mass is 10.1. The van der Waals surface area contributed by atoms with Crippen LogP contribution in [-0.4, -0.2) is 15.3 Å². The first kappa shape index (κ1) is 16.9. The first-order valence-corrected chi connectivity index (χ1v) is 8.41. The highest BCUT2D eigenvalue weighted by Gasteiger charge is 2.13. The minimum atomic E-state index is -0.440. The van der Waals surface area contributed by atoms with E-state index in [0.29, 0.717) is 5.69 Å². The SMILES string of the molecule is Cc1cccc(C)c1NC(=O)/C(C#N)=C\c1cnc2ccc(Br)cn12. The lowest BCUT2D eigenvalue weighted by molar-refractivity contribution is -0.112. The number of hydrogen-bond acceptors (Lipinski definition) is 3. The molecule has 25 heavy (non-hydrogen) atoms. The number of hydrogen-bond donors (Lipinski definition) is 1. The molecule has 0 bridgehead atoms. The third-order valence-electron chi connectivity index (χ3n) is 3.88. The van der Waals surface area contributed by atoms with Gasteiger partial charge in [-0.25, -0.2) is 4.98 Å². The number of rotatable bonds is 3. The third-order valence-corrected chi connectivity index (χ3v) is 4.34. The van der Waals surface area contributed by atoms with Crippen LogP contribution in [0.3, 0.4) is 0 Å². The number of aryl methyl sites for hydroxylation is 2. The molecular formula is C19H15BrN4O. The number of imidazole rings is 1. The van der Waals surface area contributed by atoms with Gasteiger partial charge in [-0.3, -0.25) is 9.20 Å². The minimum Gasteiger partial charge on any atom is -0.321 e. The van der Waals surface area contributed by atoms with Gasteiger partial charge in [0.1, 0.15) is 17.3 Å². The predicted molar refractivity (Wildman–Crippen MR) is 101 cm³/mol. The number of nitriles is 1. The maximum Gasteiger partial charge on any atom is 0.266 e. The van der Waals surface area contributed by atoms with E-state index in [2.05, 4.69) is 26.2 Å². The van der Waals surface area contributed by atoms with Crippen LogP contribution in [0.1, 0.15) is 16.8 Å². The fraction of sp³-hybridized carbons (Fsp3) is 0.105. The average Bonchev–Trinajstić information content (AvgIpc) is 2.98. The van der Waals surface area contributed by atoms with Crippen molar-refractivity contribution in [2.24, 2.45) is 0 Å². The van der Waals surface area contributed by atoms with E-state index >= 15 is 0 Å². The molecule has 124 valence electrons. The number of benzene rings is 1. The van der Waals surface area contributed by atoms with Crippen LogP contribution in [0.4, 0.5) is 5.69 Å². The fourth-order valence-corrected chi connectivity index (χ4v) is 2.91. The Bertz CT molecular complexity index is 1020. The van der Waals surface area contributed by atoms with Gasteiger partial charge in [0.05, 0.1) is 11.9 Å². The van der Waals surface area contributed by atoms with Crippen molar-refractivity contribution in [1.29, 1.82) is 5.26 Å². The lowest BCUT2D eigenvalue weighted by Crippen LogP contribution is -2.15. The van der Waals surface area contributed by atoms with Crippen LogP contribution in [0, 0.1) is 25.2 Å². The molecule has 5 nitrogen and oxygen atoms in total. The normalized spacial score (nSPS) is 11.4. The molecule has 3 aromatic rings. The Hall–Kier alpha value is -2.91. The second-order valence-corrected chi connectivity index (χ2v) is 6.57. The van der Waals surface area contributed by atoms with Crippen molar-refractivity contribution in [3.8, 4) is 6.07 Å². The van der Waals surface area contributed by atoms with E-state index in [1.54, 1.807) is 6.20 Å². The Morgan fingerprint density at radius 2 is 2.00 bits per heavy atom. The van der Waals surface area contributed by atoms with Crippen molar-refractivity contribution in [2.75, 3.05) is 5.32 Å². The maximum absolute atomic E-state index is 12.5. The molecule has 0 aliphatic heterocycles. The van der Waals surface area contributed by atoms with Crippen LogP contribution in [0.25, 0.3) is 11.7 Å². The Morgan fingerprint density at radius 1 is 1.28 bits per heavy atom. The number of para-hydroxylation sites is 1. The van der Waals surface area contributed by atoms with Crippen molar-refractivity contribution in [3.63, 3.8) is 0 Å². The molecular weight excluding hydrogens is 380 g/mol. The standard InChI is InChI=1S/C19H15BrN4O/c1-12-4-3-5-13(2)18(12)23-19(25)14(9-21)8-16-10-22-17-7-6-15(20)11-24(16)17/h3-8,10-11H,1-2H3,(H,23,25)/b14-8-. The zero-order valence-electron chi connectivity index (χ0n) is 13.7. The molecule has 0 saturated heterocycles. The molecule has 0 aliphatic rings. The molecule has 0 spiro atoms. The summed E-state index contributed by atoms with van der Waals surface area (Å²) in [5.41, 5.74) is 4.04. The first-order chi connectivity index (χ1) is 12.0. The van der Waals surface area contributed by atoms with Crippen molar-refractivity contribution in [2.45, 2.75) is 13.8 Å². The lowest BCUT2D eigenvalue weighted by Gasteiger charge is -2.10. The number of nitrogens with zero attached hydrogens (tertiary/aromatic N) is 3. The van der Waals surface area contributed by atoms with Crippen LogP contribution in [-0.2, 0) is 4.79 Å². The van der Waals surface area contributed by atoms with Crippen LogP contribution in [0.15, 0.2) is 52.8 Å². The largest absolute Gasteiger partial charge is 0.321 e. The molecule has 2 aromatic heterocycles. The topological polar surface area (TPSA) is 70.2 Å². The summed E-state index contributed by atoms with van der Waals surface area (Å²) in [6.45, 7) is 3.83. The van der Waals surface area contributed by atoms with E-state index in [1.165, 1.54) is 6.08 Å². The van der Waals surface area contributed by atoms with Gasteiger partial charge in [0.15, 0.2) is 0 Å². The molecule has 1 amide bonds. The number of pyridine rings is 1. The van der Waals surface area contributed by atoms with Crippen LogP contribution < -0.4 is 5.32 Å². The molecule has 0 saturated carbocycles. The Labute approximate surface area is 153 Å². The maximum atomic E-state index is 12.5. The summed E-state index contributed by atoms with van der Waals surface area (Å²) in [7, 11) is 0. The van der Waals surface area contributed by atoms with Crippen LogP contribution in [0.2, 0.25) is 0 Å². The van der Waals surface area contributed by atoms with Gasteiger partial charge in [-0.15, -0.1) is 0 Å². The molecule has 2 heterocycles. The predicted octanol–water partition coefficient (Wildman–Crippen LogP) is 4.26. The molecule has 0 radical (unpaired) electrons. The number of nitrogens with one attached hydrogen (secondary N) is 1. The number of amides is 1. The summed E-state index contributed by atoms with van der Waals surface area (Å²) < 4.78 is 2.69. The second kappa shape index (κ2) is 6.91. The van der Waals surface area contributed by atoms with E-state index in [1.807, 2.05) is 60.8 Å². The third kappa shape index (κ3) is 3.47. The number of halogens is 1. The summed E-state index contributed by atoms with van der Waals surface area (Å²) in [6, 6.07) is 11.5. The summed E-state index contributed by atoms with van der Waals surface area (Å²) in [5.74, 6) is -0.440. The highest BCUT2D eigenvalue weighted by Crippen LogP contribution is 2.21. The van der Waals surface area contributed by atoms with Gasteiger partial charge in [-0.2, -0.15) is 5.26 Å². The van der Waals surface area contributed by atoms with Crippen molar-refractivity contribution < 1.29 is 4.79 Å². The second-order valence-electron chi connectivity index (χ2n) is 5.65. The summed E-state index contributed by atoms with van der Waals surface area (Å²) in [4.78, 5) is 16.8. The highest BCUT2D eigenvalue weighted by molar-refractivity contribution is 9.10. The van der Waals surface area contributed by atoms with Crippen LogP contribution in [0.5, 0.6) is 0 Å². The summed E-state index contributed by atoms with van der Waals surface area (Å²) in [6.07, 6.45) is 5.01. The van der Waals surface area contributed by atoms with Gasteiger partial charge < -0.3 is 5.32 Å². The molecule has 0 unspecified atom stereocenters. The van der Waals surface area contributed by atoms with Crippen LogP contribution >= 0.6 is 15.9 Å². The molecule has 0 aliphatic carbocycles. The molecule has 1 N–H and O–H groups in total. The first-order valence-electron chi connectivity index (χ1n) is 7.61. The van der Waals surface area contributed by atoms with Gasteiger partial charge >= 0.3 is 0 Å².